The Bertz CT molecular complexity index is 252. The van der Waals surface area contributed by atoms with Gasteiger partial charge in [-0.15, -0.1) is 0 Å². The van der Waals surface area contributed by atoms with Crippen LogP contribution in [0.15, 0.2) is 0 Å². The Hall–Kier alpha value is 1.07. The fourth-order valence-electron chi connectivity index (χ4n) is 0.924. The Morgan fingerprint density at radius 1 is 1.00 bits per heavy atom. The van der Waals surface area contributed by atoms with Crippen molar-refractivity contribution in [2.24, 2.45) is 0 Å². The quantitative estimate of drug-likeness (QED) is 0.559. The van der Waals surface area contributed by atoms with E-state index in [-0.39, 0.29) is 13.2 Å². The molecule has 0 rings (SSSR count). The molecule has 0 saturated heterocycles. The lowest BCUT2D eigenvalue weighted by Crippen LogP contribution is -2.00. The van der Waals surface area contributed by atoms with Gasteiger partial charge in [-0.3, -0.25) is 9.05 Å². The van der Waals surface area contributed by atoms with Crippen LogP contribution in [0.5, 0.6) is 0 Å². The zero-order valence-corrected chi connectivity index (χ0v) is 14.0. The van der Waals surface area contributed by atoms with E-state index >= 15 is 0 Å². The van der Waals surface area contributed by atoms with E-state index in [4.69, 9.17) is 29.7 Å². The van der Waals surface area contributed by atoms with Crippen LogP contribution < -0.4 is 0 Å². The highest BCUT2D eigenvalue weighted by Crippen LogP contribution is 2.71. The third kappa shape index (κ3) is 7.28. The molecule has 0 saturated carbocycles. The molecule has 104 valence electrons. The predicted molar refractivity (Wildman–Crippen MR) is 76.0 cm³/mol. The molecule has 0 N–H and O–H groups in total. The molecule has 0 aliphatic carbocycles. The predicted octanol–water partition coefficient (Wildman–Crippen LogP) is 4.20. The second-order valence-electron chi connectivity index (χ2n) is 2.65. The SMILES string of the molecule is CCOP(=O)(OCC)OP(=S)(OCC)SCC. The van der Waals surface area contributed by atoms with Crippen molar-refractivity contribution < 1.29 is 22.4 Å². The van der Waals surface area contributed by atoms with Crippen molar-refractivity contribution in [3.05, 3.63) is 0 Å². The summed E-state index contributed by atoms with van der Waals surface area (Å²) < 4.78 is 33.0. The van der Waals surface area contributed by atoms with Crippen LogP contribution in [0.1, 0.15) is 27.7 Å². The molecule has 0 heterocycles. The maximum absolute atomic E-state index is 12.2. The van der Waals surface area contributed by atoms with Crippen molar-refractivity contribution in [3.63, 3.8) is 0 Å². The lowest BCUT2D eigenvalue weighted by atomic mass is 10.9. The third-order valence-corrected chi connectivity index (χ3v) is 9.75. The van der Waals surface area contributed by atoms with Gasteiger partial charge in [-0.2, -0.15) is 0 Å². The van der Waals surface area contributed by atoms with Crippen molar-refractivity contribution in [3.8, 4) is 0 Å². The molecule has 9 heteroatoms. The molecule has 0 aliphatic rings. The summed E-state index contributed by atoms with van der Waals surface area (Å²) in [7, 11) is -3.60. The first-order chi connectivity index (χ1) is 7.95. The number of hydrogen-bond acceptors (Lipinski definition) is 7. The highest BCUT2D eigenvalue weighted by atomic mass is 32.9. The number of phosphoric acid groups is 1. The maximum atomic E-state index is 12.2. The molecular formula is C8H20O5P2S2. The number of phosphoric ester groups is 1. The van der Waals surface area contributed by atoms with Crippen molar-refractivity contribution in [2.75, 3.05) is 25.6 Å². The second-order valence-corrected chi connectivity index (χ2v) is 11.1. The van der Waals surface area contributed by atoms with Crippen LogP contribution in [-0.2, 0) is 34.3 Å². The van der Waals surface area contributed by atoms with Gasteiger partial charge in [0.25, 0.3) is 5.69 Å². The van der Waals surface area contributed by atoms with E-state index in [0.717, 1.165) is 5.75 Å². The molecule has 17 heavy (non-hydrogen) atoms. The van der Waals surface area contributed by atoms with Gasteiger partial charge in [-0.1, -0.05) is 18.3 Å². The van der Waals surface area contributed by atoms with Crippen molar-refractivity contribution in [2.45, 2.75) is 27.7 Å². The number of hydrogen-bond donors (Lipinski definition) is 0. The molecule has 0 spiro atoms. The molecule has 0 fully saturated rings. The molecule has 0 aromatic rings. The van der Waals surface area contributed by atoms with Gasteiger partial charge in [-0.25, -0.2) is 8.88 Å². The summed E-state index contributed by atoms with van der Waals surface area (Å²) in [6.07, 6.45) is 0. The van der Waals surface area contributed by atoms with Gasteiger partial charge in [0.05, 0.1) is 19.8 Å². The van der Waals surface area contributed by atoms with Gasteiger partial charge < -0.3 is 4.52 Å². The molecule has 1 unspecified atom stereocenters. The van der Waals surface area contributed by atoms with Crippen LogP contribution in [0.25, 0.3) is 0 Å². The molecule has 1 atom stereocenters. The summed E-state index contributed by atoms with van der Waals surface area (Å²) in [4.78, 5) is 0. The Labute approximate surface area is 112 Å². The van der Waals surface area contributed by atoms with Gasteiger partial charge >= 0.3 is 7.82 Å². The van der Waals surface area contributed by atoms with Crippen LogP contribution in [0, 0.1) is 0 Å². The van der Waals surface area contributed by atoms with E-state index in [1.54, 1.807) is 13.8 Å². The Kier molecular flexibility index (Phi) is 9.62. The molecule has 0 amide bonds. The van der Waals surface area contributed by atoms with E-state index < -0.39 is 13.5 Å². The Morgan fingerprint density at radius 3 is 1.82 bits per heavy atom. The molecule has 0 aliphatic heterocycles. The first-order valence-electron chi connectivity index (χ1n) is 5.44. The number of rotatable bonds is 10. The van der Waals surface area contributed by atoms with Gasteiger partial charge in [0, 0.05) is 0 Å². The summed E-state index contributed by atoms with van der Waals surface area (Å²) in [5, 5.41) is 0. The average Bonchev–Trinajstić information content (AvgIpc) is 2.17. The molecule has 0 bridgehead atoms. The minimum Gasteiger partial charge on any atom is -0.322 e. The summed E-state index contributed by atoms with van der Waals surface area (Å²) in [5.41, 5.74) is -2.66. The third-order valence-electron chi connectivity index (χ3n) is 1.35. The van der Waals surface area contributed by atoms with Crippen molar-refractivity contribution >= 4 is 36.7 Å². The van der Waals surface area contributed by atoms with Crippen LogP contribution in [0.2, 0.25) is 0 Å². The fraction of sp³-hybridized carbons (Fsp3) is 1.00. The highest BCUT2D eigenvalue weighted by molar-refractivity contribution is 8.68. The van der Waals surface area contributed by atoms with E-state index in [1.165, 1.54) is 11.4 Å². The zero-order chi connectivity index (χ0) is 13.4. The summed E-state index contributed by atoms with van der Waals surface area (Å²) in [5.74, 6) is 0.718. The van der Waals surface area contributed by atoms with Gasteiger partial charge in [0.2, 0.25) is 0 Å². The molecular weight excluding hydrogens is 302 g/mol. The first-order valence-corrected chi connectivity index (χ1v) is 11.1. The van der Waals surface area contributed by atoms with Crippen LogP contribution in [-0.4, -0.2) is 25.6 Å². The van der Waals surface area contributed by atoms with Crippen LogP contribution >= 0.6 is 24.9 Å². The van der Waals surface area contributed by atoms with Gasteiger partial charge in [0.1, 0.15) is 0 Å². The van der Waals surface area contributed by atoms with Crippen LogP contribution in [0.4, 0.5) is 0 Å². The summed E-state index contributed by atoms with van der Waals surface area (Å²) >= 11 is 6.61. The fourth-order valence-corrected chi connectivity index (χ4v) is 8.72. The van der Waals surface area contributed by atoms with E-state index in [9.17, 15) is 4.57 Å². The zero-order valence-electron chi connectivity index (χ0n) is 10.6. The standard InChI is InChI=1S/C8H20O5P2S2/c1-5-10-14(9,11-6-2)13-15(16,12-7-3)17-8-4/h5-8H2,1-4H3. The smallest absolute Gasteiger partial charge is 0.322 e. The van der Waals surface area contributed by atoms with E-state index in [1.807, 2.05) is 13.8 Å². The minimum absolute atomic E-state index is 0.232. The lowest BCUT2D eigenvalue weighted by molar-refractivity contribution is 0.166. The topological polar surface area (TPSA) is 54.0 Å². The molecule has 0 aromatic heterocycles. The van der Waals surface area contributed by atoms with E-state index in [0.29, 0.717) is 6.61 Å². The minimum atomic E-state index is -3.60. The van der Waals surface area contributed by atoms with Gasteiger partial charge in [0.15, 0.2) is 0 Å². The second kappa shape index (κ2) is 9.05. The van der Waals surface area contributed by atoms with E-state index in [2.05, 4.69) is 0 Å². The first kappa shape index (κ1) is 18.1. The lowest BCUT2D eigenvalue weighted by Gasteiger charge is -2.24. The Morgan fingerprint density at radius 2 is 1.47 bits per heavy atom. The van der Waals surface area contributed by atoms with Crippen molar-refractivity contribution in [1.82, 2.24) is 0 Å². The molecule has 5 nitrogen and oxygen atoms in total. The maximum Gasteiger partial charge on any atom is 0.481 e. The largest absolute Gasteiger partial charge is 0.481 e. The summed E-state index contributed by atoms with van der Waals surface area (Å²) in [6, 6.07) is 0. The molecule has 0 radical (unpaired) electrons. The Balaban J connectivity index is 4.79. The van der Waals surface area contributed by atoms with Gasteiger partial charge in [-0.05, 0) is 38.3 Å². The molecule has 0 aromatic carbocycles. The normalized spacial score (nSPS) is 15.8. The highest BCUT2D eigenvalue weighted by Gasteiger charge is 2.35. The van der Waals surface area contributed by atoms with Crippen LogP contribution in [0.3, 0.4) is 0 Å². The summed E-state index contributed by atoms with van der Waals surface area (Å²) in [6.45, 7) is 8.04. The average molecular weight is 322 g/mol. The van der Waals surface area contributed by atoms with Crippen molar-refractivity contribution in [1.29, 1.82) is 0 Å². The monoisotopic (exact) mass is 322 g/mol.